The summed E-state index contributed by atoms with van der Waals surface area (Å²) in [5, 5.41) is 12.3. The molecule has 2 heterocycles. The third kappa shape index (κ3) is 4.27. The highest BCUT2D eigenvalue weighted by molar-refractivity contribution is 7.14. The number of nitrogens with zero attached hydrogens (tertiary/aromatic N) is 3. The monoisotopic (exact) mass is 292 g/mol. The van der Waals surface area contributed by atoms with E-state index in [0.717, 1.165) is 15.6 Å². The minimum absolute atomic E-state index is 0.303. The van der Waals surface area contributed by atoms with Crippen LogP contribution in [0.5, 0.6) is 0 Å². The third-order valence-electron chi connectivity index (χ3n) is 2.18. The van der Waals surface area contributed by atoms with Gasteiger partial charge in [-0.25, -0.2) is 4.79 Å². The molecule has 0 saturated carbocycles. The number of hydrogen-bond donors (Lipinski definition) is 1. The van der Waals surface area contributed by atoms with Crippen LogP contribution in [0, 0.1) is 0 Å². The molecule has 1 N–H and O–H groups in total. The summed E-state index contributed by atoms with van der Waals surface area (Å²) in [7, 11) is 0. The van der Waals surface area contributed by atoms with Crippen molar-refractivity contribution in [1.82, 2.24) is 20.5 Å². The Morgan fingerprint density at radius 3 is 2.65 bits per heavy atom. The predicted molar refractivity (Wildman–Crippen MR) is 76.2 cm³/mol. The molecule has 2 rings (SSSR count). The second-order valence-electron chi connectivity index (χ2n) is 5.09. The number of rotatable bonds is 3. The van der Waals surface area contributed by atoms with E-state index >= 15 is 0 Å². The van der Waals surface area contributed by atoms with Crippen LogP contribution in [0.1, 0.15) is 25.8 Å². The van der Waals surface area contributed by atoms with Gasteiger partial charge in [0, 0.05) is 18.0 Å². The fourth-order valence-electron chi connectivity index (χ4n) is 1.40. The van der Waals surface area contributed by atoms with Crippen LogP contribution in [-0.4, -0.2) is 26.9 Å². The van der Waals surface area contributed by atoms with Crippen LogP contribution in [0.25, 0.3) is 10.6 Å². The Balaban J connectivity index is 1.92. The SMILES string of the molecule is CC(C)(C)OC(=O)NCc1nnc(-c2ccncc2)s1. The first-order valence-corrected chi connectivity index (χ1v) is 6.95. The summed E-state index contributed by atoms with van der Waals surface area (Å²) < 4.78 is 5.15. The molecule has 2 aromatic rings. The Morgan fingerprint density at radius 1 is 1.30 bits per heavy atom. The lowest BCUT2D eigenvalue weighted by Crippen LogP contribution is -2.32. The molecule has 0 saturated heterocycles. The van der Waals surface area contributed by atoms with Gasteiger partial charge >= 0.3 is 6.09 Å². The molecule has 0 bridgehead atoms. The zero-order chi connectivity index (χ0) is 14.6. The first-order chi connectivity index (χ1) is 9.44. The molecule has 0 unspecified atom stereocenters. The van der Waals surface area contributed by atoms with Gasteiger partial charge in [-0.2, -0.15) is 0 Å². The van der Waals surface area contributed by atoms with Gasteiger partial charge in [-0.3, -0.25) is 4.98 Å². The first kappa shape index (κ1) is 14.4. The van der Waals surface area contributed by atoms with E-state index < -0.39 is 11.7 Å². The molecule has 7 heteroatoms. The largest absolute Gasteiger partial charge is 0.444 e. The van der Waals surface area contributed by atoms with Crippen molar-refractivity contribution in [1.29, 1.82) is 0 Å². The first-order valence-electron chi connectivity index (χ1n) is 6.14. The average Bonchev–Trinajstić information content (AvgIpc) is 2.84. The van der Waals surface area contributed by atoms with Crippen molar-refractivity contribution in [3.8, 4) is 10.6 Å². The maximum Gasteiger partial charge on any atom is 0.408 e. The molecule has 0 aliphatic rings. The maximum atomic E-state index is 11.5. The third-order valence-corrected chi connectivity index (χ3v) is 3.15. The van der Waals surface area contributed by atoms with Gasteiger partial charge in [0.05, 0.1) is 6.54 Å². The number of carbonyl (C=O) groups excluding carboxylic acids is 1. The molecular formula is C13H16N4O2S. The fraction of sp³-hybridized carbons (Fsp3) is 0.385. The van der Waals surface area contributed by atoms with E-state index in [-0.39, 0.29) is 0 Å². The molecule has 0 fully saturated rings. The molecule has 2 aromatic heterocycles. The maximum absolute atomic E-state index is 11.5. The summed E-state index contributed by atoms with van der Waals surface area (Å²) in [5.41, 5.74) is 0.453. The fourth-order valence-corrected chi connectivity index (χ4v) is 2.18. The Morgan fingerprint density at radius 2 is 2.00 bits per heavy atom. The lowest BCUT2D eigenvalue weighted by atomic mass is 10.2. The van der Waals surface area contributed by atoms with E-state index in [2.05, 4.69) is 20.5 Å². The topological polar surface area (TPSA) is 77.0 Å². The van der Waals surface area contributed by atoms with Crippen LogP contribution in [-0.2, 0) is 11.3 Å². The molecule has 106 valence electrons. The molecule has 0 aliphatic heterocycles. The number of aromatic nitrogens is 3. The molecule has 0 radical (unpaired) electrons. The summed E-state index contributed by atoms with van der Waals surface area (Å²) in [4.78, 5) is 15.5. The Hall–Kier alpha value is -2.02. The Bertz CT molecular complexity index is 578. The van der Waals surface area contributed by atoms with Gasteiger partial charge in [-0.1, -0.05) is 11.3 Å². The smallest absolute Gasteiger partial charge is 0.408 e. The molecular weight excluding hydrogens is 276 g/mol. The Kier molecular flexibility index (Phi) is 4.29. The minimum Gasteiger partial charge on any atom is -0.444 e. The number of hydrogen-bond acceptors (Lipinski definition) is 6. The summed E-state index contributed by atoms with van der Waals surface area (Å²) in [6, 6.07) is 3.73. The second-order valence-corrected chi connectivity index (χ2v) is 6.15. The number of carbonyl (C=O) groups is 1. The number of ether oxygens (including phenoxy) is 1. The van der Waals surface area contributed by atoms with Crippen molar-refractivity contribution in [2.75, 3.05) is 0 Å². The molecule has 20 heavy (non-hydrogen) atoms. The lowest BCUT2D eigenvalue weighted by molar-refractivity contribution is 0.0523. The van der Waals surface area contributed by atoms with Crippen LogP contribution in [0.15, 0.2) is 24.5 Å². The van der Waals surface area contributed by atoms with E-state index in [1.807, 2.05) is 32.9 Å². The number of pyridine rings is 1. The zero-order valence-corrected chi connectivity index (χ0v) is 12.4. The molecule has 0 aromatic carbocycles. The van der Waals surface area contributed by atoms with Gasteiger partial charge in [0.15, 0.2) is 0 Å². The molecule has 6 nitrogen and oxygen atoms in total. The zero-order valence-electron chi connectivity index (χ0n) is 11.6. The highest BCUT2D eigenvalue weighted by atomic mass is 32.1. The molecule has 1 amide bonds. The highest BCUT2D eigenvalue weighted by Gasteiger charge is 2.16. The lowest BCUT2D eigenvalue weighted by Gasteiger charge is -2.19. The van der Waals surface area contributed by atoms with Gasteiger partial charge in [-0.05, 0) is 32.9 Å². The molecule has 0 spiro atoms. The quantitative estimate of drug-likeness (QED) is 0.941. The highest BCUT2D eigenvalue weighted by Crippen LogP contribution is 2.22. The van der Waals surface area contributed by atoms with Crippen molar-refractivity contribution in [3.63, 3.8) is 0 Å². The van der Waals surface area contributed by atoms with E-state index in [4.69, 9.17) is 4.74 Å². The summed E-state index contributed by atoms with van der Waals surface area (Å²) in [6.07, 6.45) is 2.95. The van der Waals surface area contributed by atoms with Crippen LogP contribution < -0.4 is 5.32 Å². The average molecular weight is 292 g/mol. The van der Waals surface area contributed by atoms with E-state index in [9.17, 15) is 4.79 Å². The van der Waals surface area contributed by atoms with Crippen molar-refractivity contribution in [3.05, 3.63) is 29.5 Å². The van der Waals surface area contributed by atoms with Gasteiger partial charge in [0.1, 0.15) is 15.6 Å². The van der Waals surface area contributed by atoms with Crippen molar-refractivity contribution >= 4 is 17.4 Å². The van der Waals surface area contributed by atoms with E-state index in [1.54, 1.807) is 12.4 Å². The van der Waals surface area contributed by atoms with Gasteiger partial charge < -0.3 is 10.1 Å². The van der Waals surface area contributed by atoms with Crippen LogP contribution in [0.2, 0.25) is 0 Å². The summed E-state index contributed by atoms with van der Waals surface area (Å²) in [5.74, 6) is 0. The van der Waals surface area contributed by atoms with E-state index in [0.29, 0.717) is 6.54 Å². The Labute approximate surface area is 121 Å². The van der Waals surface area contributed by atoms with Gasteiger partial charge in [0.25, 0.3) is 0 Å². The molecule has 0 aliphatic carbocycles. The van der Waals surface area contributed by atoms with E-state index in [1.165, 1.54) is 11.3 Å². The van der Waals surface area contributed by atoms with Gasteiger partial charge in [0.2, 0.25) is 0 Å². The minimum atomic E-state index is -0.507. The summed E-state index contributed by atoms with van der Waals surface area (Å²) in [6.45, 7) is 5.76. The number of alkyl carbamates (subject to hydrolysis) is 1. The standard InChI is InChI=1S/C13H16N4O2S/c1-13(2,3)19-12(18)15-8-10-16-17-11(20-10)9-4-6-14-7-5-9/h4-7H,8H2,1-3H3,(H,15,18). The summed E-state index contributed by atoms with van der Waals surface area (Å²) >= 11 is 1.43. The van der Waals surface area contributed by atoms with Crippen LogP contribution in [0.4, 0.5) is 4.79 Å². The van der Waals surface area contributed by atoms with Crippen molar-refractivity contribution < 1.29 is 9.53 Å². The normalized spacial score (nSPS) is 11.2. The van der Waals surface area contributed by atoms with Crippen LogP contribution >= 0.6 is 11.3 Å². The predicted octanol–water partition coefficient (Wildman–Crippen LogP) is 2.62. The van der Waals surface area contributed by atoms with Gasteiger partial charge in [-0.15, -0.1) is 10.2 Å². The van der Waals surface area contributed by atoms with Crippen molar-refractivity contribution in [2.45, 2.75) is 32.9 Å². The molecule has 0 atom stereocenters. The number of amides is 1. The second kappa shape index (κ2) is 5.96. The van der Waals surface area contributed by atoms with Crippen LogP contribution in [0.3, 0.4) is 0 Å². The van der Waals surface area contributed by atoms with Crippen molar-refractivity contribution in [2.24, 2.45) is 0 Å². The number of nitrogens with one attached hydrogen (secondary N) is 1.